The maximum absolute atomic E-state index is 12.2. The number of methoxy groups -OCH3 is 2. The molecular formula is C18H17NO4. The van der Waals surface area contributed by atoms with E-state index in [4.69, 9.17) is 14.2 Å². The van der Waals surface area contributed by atoms with E-state index in [1.807, 2.05) is 42.5 Å². The SMILES string of the molecule is COC(OC)c1cc2ccc(Oc3ccccc3)cc2[nH]c1=O. The topological polar surface area (TPSA) is 60.6 Å². The van der Waals surface area contributed by atoms with Crippen LogP contribution in [-0.2, 0) is 9.47 Å². The summed E-state index contributed by atoms with van der Waals surface area (Å²) in [6.07, 6.45) is -0.691. The van der Waals surface area contributed by atoms with Crippen LogP contribution in [0.25, 0.3) is 10.9 Å². The molecule has 2 aromatic carbocycles. The average molecular weight is 311 g/mol. The standard InChI is InChI=1S/C18H17NO4/c1-21-18(22-2)15-10-12-8-9-14(11-16(12)19-17(15)20)23-13-6-4-3-5-7-13/h3-11,18H,1-2H3,(H,19,20). The molecule has 0 unspecified atom stereocenters. The number of rotatable bonds is 5. The fourth-order valence-corrected chi connectivity index (χ4v) is 2.41. The van der Waals surface area contributed by atoms with Crippen LogP contribution in [0.1, 0.15) is 11.9 Å². The largest absolute Gasteiger partial charge is 0.457 e. The van der Waals surface area contributed by atoms with Crippen molar-refractivity contribution >= 4 is 10.9 Å². The third-order valence-electron chi connectivity index (χ3n) is 3.51. The van der Waals surface area contributed by atoms with Gasteiger partial charge in [0.25, 0.3) is 5.56 Å². The van der Waals surface area contributed by atoms with E-state index in [0.717, 1.165) is 11.1 Å². The van der Waals surface area contributed by atoms with E-state index < -0.39 is 6.29 Å². The summed E-state index contributed by atoms with van der Waals surface area (Å²) in [5.74, 6) is 1.40. The number of para-hydroxylation sites is 1. The van der Waals surface area contributed by atoms with Gasteiger partial charge in [-0.25, -0.2) is 0 Å². The summed E-state index contributed by atoms with van der Waals surface area (Å²) >= 11 is 0. The maximum Gasteiger partial charge on any atom is 0.256 e. The summed E-state index contributed by atoms with van der Waals surface area (Å²) in [6.45, 7) is 0. The number of H-pyrrole nitrogens is 1. The molecule has 0 saturated heterocycles. The number of fused-ring (bicyclic) bond motifs is 1. The first-order valence-electron chi connectivity index (χ1n) is 7.17. The Morgan fingerprint density at radius 2 is 1.65 bits per heavy atom. The highest BCUT2D eigenvalue weighted by molar-refractivity contribution is 5.80. The van der Waals surface area contributed by atoms with Crippen molar-refractivity contribution in [3.05, 3.63) is 70.5 Å². The number of pyridine rings is 1. The van der Waals surface area contributed by atoms with Gasteiger partial charge in [0.15, 0.2) is 6.29 Å². The van der Waals surface area contributed by atoms with E-state index in [-0.39, 0.29) is 5.56 Å². The molecule has 5 heteroatoms. The first kappa shape index (κ1) is 15.3. The summed E-state index contributed by atoms with van der Waals surface area (Å²) in [6, 6.07) is 16.8. The van der Waals surface area contributed by atoms with E-state index in [1.54, 1.807) is 12.1 Å². The molecule has 0 fully saturated rings. The Labute approximate surface area is 133 Å². The summed E-state index contributed by atoms with van der Waals surface area (Å²) in [4.78, 5) is 15.0. The van der Waals surface area contributed by atoms with Crippen LogP contribution in [0.2, 0.25) is 0 Å². The van der Waals surface area contributed by atoms with Crippen LogP contribution in [0, 0.1) is 0 Å². The minimum absolute atomic E-state index is 0.247. The van der Waals surface area contributed by atoms with Gasteiger partial charge in [-0.1, -0.05) is 18.2 Å². The first-order chi connectivity index (χ1) is 11.2. The van der Waals surface area contributed by atoms with E-state index >= 15 is 0 Å². The predicted octanol–water partition coefficient (Wildman–Crippen LogP) is 3.61. The number of aromatic nitrogens is 1. The molecule has 0 spiro atoms. The van der Waals surface area contributed by atoms with Gasteiger partial charge in [-0.2, -0.15) is 0 Å². The zero-order chi connectivity index (χ0) is 16.2. The lowest BCUT2D eigenvalue weighted by molar-refractivity contribution is -0.106. The second kappa shape index (κ2) is 6.64. The Morgan fingerprint density at radius 3 is 2.35 bits per heavy atom. The number of aromatic amines is 1. The molecule has 1 heterocycles. The Hall–Kier alpha value is -2.63. The Bertz CT molecular complexity index is 854. The quantitative estimate of drug-likeness (QED) is 0.731. The van der Waals surface area contributed by atoms with Crippen LogP contribution in [0.4, 0.5) is 0 Å². The summed E-state index contributed by atoms with van der Waals surface area (Å²) in [5.41, 5.74) is 0.875. The van der Waals surface area contributed by atoms with Crippen LogP contribution < -0.4 is 10.3 Å². The fraction of sp³-hybridized carbons (Fsp3) is 0.167. The molecule has 3 rings (SSSR count). The van der Waals surface area contributed by atoms with Crippen molar-refractivity contribution < 1.29 is 14.2 Å². The number of nitrogens with one attached hydrogen (secondary N) is 1. The highest BCUT2D eigenvalue weighted by Crippen LogP contribution is 2.25. The van der Waals surface area contributed by atoms with Gasteiger partial charge < -0.3 is 19.2 Å². The summed E-state index contributed by atoms with van der Waals surface area (Å²) in [5, 5.41) is 0.874. The van der Waals surface area contributed by atoms with Gasteiger partial charge in [-0.05, 0) is 35.7 Å². The van der Waals surface area contributed by atoms with Gasteiger partial charge in [0.1, 0.15) is 11.5 Å². The molecule has 0 aliphatic rings. The molecule has 3 aromatic rings. The number of hydrogen-bond acceptors (Lipinski definition) is 4. The van der Waals surface area contributed by atoms with Crippen molar-refractivity contribution in [3.63, 3.8) is 0 Å². The maximum atomic E-state index is 12.2. The molecule has 0 atom stereocenters. The zero-order valence-electron chi connectivity index (χ0n) is 12.9. The molecule has 1 aromatic heterocycles. The van der Waals surface area contributed by atoms with Crippen LogP contribution in [0.3, 0.4) is 0 Å². The van der Waals surface area contributed by atoms with Gasteiger partial charge in [-0.15, -0.1) is 0 Å². The Balaban J connectivity index is 1.98. The van der Waals surface area contributed by atoms with E-state index in [0.29, 0.717) is 16.8 Å². The molecule has 1 N–H and O–H groups in total. The molecule has 0 radical (unpaired) electrons. The third-order valence-corrected chi connectivity index (χ3v) is 3.51. The molecule has 23 heavy (non-hydrogen) atoms. The van der Waals surface area contributed by atoms with Crippen LogP contribution >= 0.6 is 0 Å². The van der Waals surface area contributed by atoms with Gasteiger partial charge in [0, 0.05) is 20.3 Å². The molecule has 0 bridgehead atoms. The molecule has 5 nitrogen and oxygen atoms in total. The monoisotopic (exact) mass is 311 g/mol. The minimum atomic E-state index is -0.691. The molecule has 0 aliphatic carbocycles. The average Bonchev–Trinajstić information content (AvgIpc) is 2.57. The Morgan fingerprint density at radius 1 is 0.913 bits per heavy atom. The smallest absolute Gasteiger partial charge is 0.256 e. The second-order valence-electron chi connectivity index (χ2n) is 5.02. The molecule has 0 saturated carbocycles. The Kier molecular flexibility index (Phi) is 4.41. The van der Waals surface area contributed by atoms with Gasteiger partial charge in [0.2, 0.25) is 0 Å². The van der Waals surface area contributed by atoms with E-state index in [9.17, 15) is 4.79 Å². The first-order valence-corrected chi connectivity index (χ1v) is 7.17. The van der Waals surface area contributed by atoms with Crippen LogP contribution in [0.15, 0.2) is 59.4 Å². The zero-order valence-corrected chi connectivity index (χ0v) is 12.9. The lowest BCUT2D eigenvalue weighted by Gasteiger charge is -2.13. The van der Waals surface area contributed by atoms with Crippen LogP contribution in [-0.4, -0.2) is 19.2 Å². The second-order valence-corrected chi connectivity index (χ2v) is 5.02. The molecule has 118 valence electrons. The van der Waals surface area contributed by atoms with Gasteiger partial charge >= 0.3 is 0 Å². The predicted molar refractivity (Wildman–Crippen MR) is 87.8 cm³/mol. The van der Waals surface area contributed by atoms with E-state index in [2.05, 4.69) is 4.98 Å². The summed E-state index contributed by atoms with van der Waals surface area (Å²) < 4.78 is 16.1. The van der Waals surface area contributed by atoms with Crippen LogP contribution in [0.5, 0.6) is 11.5 Å². The van der Waals surface area contributed by atoms with Crippen molar-refractivity contribution in [1.29, 1.82) is 0 Å². The number of benzene rings is 2. The minimum Gasteiger partial charge on any atom is -0.457 e. The number of ether oxygens (including phenoxy) is 3. The highest BCUT2D eigenvalue weighted by Gasteiger charge is 2.14. The van der Waals surface area contributed by atoms with Crippen molar-refractivity contribution in [2.45, 2.75) is 6.29 Å². The number of hydrogen-bond donors (Lipinski definition) is 1. The highest BCUT2D eigenvalue weighted by atomic mass is 16.7. The fourth-order valence-electron chi connectivity index (χ4n) is 2.41. The van der Waals surface area contributed by atoms with Gasteiger partial charge in [-0.3, -0.25) is 4.79 Å². The lowest BCUT2D eigenvalue weighted by atomic mass is 10.1. The van der Waals surface area contributed by atoms with E-state index in [1.165, 1.54) is 14.2 Å². The van der Waals surface area contributed by atoms with Crippen molar-refractivity contribution in [2.75, 3.05) is 14.2 Å². The summed E-state index contributed by atoms with van der Waals surface area (Å²) in [7, 11) is 2.99. The van der Waals surface area contributed by atoms with Crippen molar-refractivity contribution in [2.24, 2.45) is 0 Å². The lowest BCUT2D eigenvalue weighted by Crippen LogP contribution is -2.18. The molecular weight excluding hydrogens is 294 g/mol. The molecule has 0 amide bonds. The van der Waals surface area contributed by atoms with Crippen molar-refractivity contribution in [1.82, 2.24) is 4.98 Å². The normalized spacial score (nSPS) is 11.1. The van der Waals surface area contributed by atoms with Crippen molar-refractivity contribution in [3.8, 4) is 11.5 Å². The van der Waals surface area contributed by atoms with Gasteiger partial charge in [0.05, 0.1) is 11.1 Å². The molecule has 0 aliphatic heterocycles. The third kappa shape index (κ3) is 3.26.